The van der Waals surface area contributed by atoms with Crippen LogP contribution < -0.4 is 0 Å². The SMILES string of the molecule is O=S(=O)([O-])C(O)CC(F)(F)C(F)(F)C(F)(F)C(F)(F)F. The smallest absolute Gasteiger partial charge is 0.460 e. The Bertz CT molecular complexity index is 454. The van der Waals surface area contributed by atoms with Crippen LogP contribution in [0.25, 0.3) is 0 Å². The zero-order valence-electron chi connectivity index (χ0n) is 8.77. The third-order valence-corrected chi connectivity index (χ3v) is 2.81. The fraction of sp³-hybridized carbons (Fsp3) is 1.00. The van der Waals surface area contributed by atoms with Gasteiger partial charge < -0.3 is 9.66 Å². The highest BCUT2D eigenvalue weighted by molar-refractivity contribution is 7.86. The Morgan fingerprint density at radius 2 is 1.25 bits per heavy atom. The maximum Gasteiger partial charge on any atom is 0.460 e. The summed E-state index contributed by atoms with van der Waals surface area (Å²) in [6.45, 7) is 0. The average Bonchev–Trinajstić information content (AvgIpc) is 2.12. The molecule has 0 aromatic heterocycles. The summed E-state index contributed by atoms with van der Waals surface area (Å²) in [7, 11) is -6.01. The Morgan fingerprint density at radius 1 is 0.900 bits per heavy atom. The highest BCUT2D eigenvalue weighted by Gasteiger charge is 2.81. The molecule has 0 aromatic rings. The van der Waals surface area contributed by atoms with Crippen LogP contribution >= 0.6 is 0 Å². The number of hydrogen-bond acceptors (Lipinski definition) is 4. The van der Waals surface area contributed by atoms with E-state index in [4.69, 9.17) is 5.11 Å². The molecule has 0 aliphatic heterocycles. The van der Waals surface area contributed by atoms with E-state index in [1.165, 1.54) is 0 Å². The molecule has 0 heterocycles. The van der Waals surface area contributed by atoms with Gasteiger partial charge in [0, 0.05) is 0 Å². The van der Waals surface area contributed by atoms with Gasteiger partial charge in [0.15, 0.2) is 0 Å². The Morgan fingerprint density at radius 3 is 1.50 bits per heavy atom. The second-order valence-corrected chi connectivity index (χ2v) is 5.03. The molecule has 0 aliphatic rings. The standard InChI is InChI=1S/C6H5F9O4S/c7-3(8,1-2(16)20(17,18)19)4(9,10)5(11,12)6(13,14)15/h2,16H,1H2,(H,17,18,19)/p-1. The molecule has 0 bridgehead atoms. The number of rotatable bonds is 5. The van der Waals surface area contributed by atoms with E-state index in [2.05, 4.69) is 0 Å². The minimum absolute atomic E-state index is 3.13. The summed E-state index contributed by atoms with van der Waals surface area (Å²) in [5, 5.41) is 8.31. The van der Waals surface area contributed by atoms with Crippen LogP contribution in [0.15, 0.2) is 0 Å². The van der Waals surface area contributed by atoms with E-state index in [9.17, 15) is 52.5 Å². The van der Waals surface area contributed by atoms with Gasteiger partial charge in [0.2, 0.25) is 0 Å². The lowest BCUT2D eigenvalue weighted by molar-refractivity contribution is -0.397. The molecule has 0 aromatic carbocycles. The van der Waals surface area contributed by atoms with E-state index in [-0.39, 0.29) is 0 Å². The normalized spacial score (nSPS) is 17.1. The zero-order valence-corrected chi connectivity index (χ0v) is 9.58. The molecule has 0 fully saturated rings. The van der Waals surface area contributed by atoms with Crippen LogP contribution in [0.1, 0.15) is 6.42 Å². The molecule has 1 N–H and O–H groups in total. The molecular weight excluding hydrogens is 339 g/mol. The average molecular weight is 343 g/mol. The van der Waals surface area contributed by atoms with E-state index in [1.807, 2.05) is 0 Å². The lowest BCUT2D eigenvalue weighted by atomic mass is 10.0. The van der Waals surface area contributed by atoms with Gasteiger partial charge in [-0.2, -0.15) is 39.5 Å². The summed E-state index contributed by atoms with van der Waals surface area (Å²) in [6.07, 6.45) is -10.2. The molecule has 1 atom stereocenters. The minimum Gasteiger partial charge on any atom is -0.746 e. The molecule has 0 saturated carbocycles. The zero-order chi connectivity index (χ0) is 16.8. The van der Waals surface area contributed by atoms with Crippen molar-refractivity contribution in [1.82, 2.24) is 0 Å². The summed E-state index contributed by atoms with van der Waals surface area (Å²) in [5.41, 5.74) is -3.78. The van der Waals surface area contributed by atoms with Crippen molar-refractivity contribution in [2.24, 2.45) is 0 Å². The van der Waals surface area contributed by atoms with Crippen molar-refractivity contribution in [2.45, 2.75) is 35.8 Å². The van der Waals surface area contributed by atoms with Crippen LogP contribution in [0, 0.1) is 0 Å². The molecule has 0 spiro atoms. The Hall–Kier alpha value is -0.760. The van der Waals surface area contributed by atoms with E-state index >= 15 is 0 Å². The number of hydrogen-bond donors (Lipinski definition) is 1. The highest BCUT2D eigenvalue weighted by atomic mass is 32.2. The van der Waals surface area contributed by atoms with Crippen molar-refractivity contribution >= 4 is 10.1 Å². The van der Waals surface area contributed by atoms with Crippen LogP contribution in [0.2, 0.25) is 0 Å². The van der Waals surface area contributed by atoms with Gasteiger partial charge in [-0.25, -0.2) is 8.42 Å². The van der Waals surface area contributed by atoms with Crippen LogP contribution in [0.5, 0.6) is 0 Å². The maximum atomic E-state index is 12.7. The summed E-state index contributed by atoms with van der Waals surface area (Å²) in [4.78, 5) is 0. The fourth-order valence-corrected chi connectivity index (χ4v) is 1.27. The quantitative estimate of drug-likeness (QED) is 0.609. The molecule has 0 radical (unpaired) electrons. The molecule has 122 valence electrons. The van der Waals surface area contributed by atoms with Gasteiger partial charge in [0.25, 0.3) is 0 Å². The molecule has 20 heavy (non-hydrogen) atoms. The predicted molar refractivity (Wildman–Crippen MR) is 41.2 cm³/mol. The first-order valence-corrected chi connectivity index (χ1v) is 5.68. The summed E-state index contributed by atoms with van der Waals surface area (Å²) in [6, 6.07) is 0. The van der Waals surface area contributed by atoms with Crippen molar-refractivity contribution in [1.29, 1.82) is 0 Å². The number of halogens is 9. The van der Waals surface area contributed by atoms with Gasteiger partial charge in [-0.15, -0.1) is 0 Å². The Labute approximate surface area is 104 Å². The molecule has 14 heteroatoms. The Balaban J connectivity index is 5.59. The van der Waals surface area contributed by atoms with Crippen molar-refractivity contribution in [2.75, 3.05) is 0 Å². The number of alkyl halides is 9. The van der Waals surface area contributed by atoms with Crippen molar-refractivity contribution in [3.05, 3.63) is 0 Å². The summed E-state index contributed by atoms with van der Waals surface area (Å²) >= 11 is 0. The minimum atomic E-state index is -7.21. The molecule has 4 nitrogen and oxygen atoms in total. The monoisotopic (exact) mass is 343 g/mol. The van der Waals surface area contributed by atoms with Crippen LogP contribution in [0.3, 0.4) is 0 Å². The molecule has 0 aliphatic carbocycles. The summed E-state index contributed by atoms with van der Waals surface area (Å²) < 4.78 is 140. The molecule has 1 unspecified atom stereocenters. The third kappa shape index (κ3) is 3.28. The largest absolute Gasteiger partial charge is 0.746 e. The Kier molecular flexibility index (Phi) is 4.72. The van der Waals surface area contributed by atoms with Gasteiger partial charge >= 0.3 is 23.9 Å². The van der Waals surface area contributed by atoms with Crippen LogP contribution in [0.4, 0.5) is 39.5 Å². The van der Waals surface area contributed by atoms with Gasteiger partial charge in [-0.05, 0) is 0 Å². The lowest BCUT2D eigenvalue weighted by Gasteiger charge is -2.34. The number of aliphatic hydroxyl groups excluding tert-OH is 1. The molecular formula is C6H4F9O4S-. The topological polar surface area (TPSA) is 77.4 Å². The van der Waals surface area contributed by atoms with E-state index < -0.39 is 45.9 Å². The van der Waals surface area contributed by atoms with Gasteiger partial charge in [-0.1, -0.05) is 0 Å². The van der Waals surface area contributed by atoms with Crippen LogP contribution in [-0.4, -0.2) is 47.5 Å². The maximum absolute atomic E-state index is 12.7. The highest BCUT2D eigenvalue weighted by Crippen LogP contribution is 2.54. The van der Waals surface area contributed by atoms with Crippen molar-refractivity contribution < 1.29 is 57.6 Å². The lowest BCUT2D eigenvalue weighted by Crippen LogP contribution is -2.61. The predicted octanol–water partition coefficient (Wildman–Crippen LogP) is 1.71. The van der Waals surface area contributed by atoms with E-state index in [0.717, 1.165) is 0 Å². The van der Waals surface area contributed by atoms with Crippen molar-refractivity contribution in [3.8, 4) is 0 Å². The summed E-state index contributed by atoms with van der Waals surface area (Å²) in [5.74, 6) is -20.6. The second kappa shape index (κ2) is 4.91. The molecule has 0 amide bonds. The van der Waals surface area contributed by atoms with Gasteiger partial charge in [-0.3, -0.25) is 0 Å². The van der Waals surface area contributed by atoms with E-state index in [1.54, 1.807) is 0 Å². The third-order valence-electron chi connectivity index (χ3n) is 1.97. The second-order valence-electron chi connectivity index (χ2n) is 3.50. The number of aliphatic hydroxyl groups is 1. The van der Waals surface area contributed by atoms with Crippen molar-refractivity contribution in [3.63, 3.8) is 0 Å². The van der Waals surface area contributed by atoms with E-state index in [0.29, 0.717) is 0 Å². The fourth-order valence-electron chi connectivity index (χ4n) is 0.857. The molecule has 0 saturated heterocycles. The van der Waals surface area contributed by atoms with Gasteiger partial charge in [0.1, 0.15) is 15.6 Å². The first-order valence-electron chi connectivity index (χ1n) is 4.21. The van der Waals surface area contributed by atoms with Crippen LogP contribution in [-0.2, 0) is 10.1 Å². The van der Waals surface area contributed by atoms with Gasteiger partial charge in [0.05, 0.1) is 6.42 Å². The first kappa shape index (κ1) is 19.2. The molecule has 0 rings (SSSR count). The first-order chi connectivity index (χ1) is 8.38.